The van der Waals surface area contributed by atoms with Gasteiger partial charge in [0.15, 0.2) is 11.5 Å². The van der Waals surface area contributed by atoms with E-state index in [1.807, 2.05) is 39.8 Å². The summed E-state index contributed by atoms with van der Waals surface area (Å²) in [4.78, 5) is 18.6. The summed E-state index contributed by atoms with van der Waals surface area (Å²) in [6.07, 6.45) is 1.17. The van der Waals surface area contributed by atoms with Gasteiger partial charge in [-0.15, -0.1) is 0 Å². The number of rotatable bonds is 2. The quantitative estimate of drug-likeness (QED) is 0.817. The molecular weight excluding hydrogens is 320 g/mol. The van der Waals surface area contributed by atoms with Gasteiger partial charge in [0, 0.05) is 12.3 Å². The molecule has 0 N–H and O–H groups in total. The number of aromatic nitrogens is 1. The molecule has 0 saturated carbocycles. The maximum Gasteiger partial charge on any atom is 0.420 e. The molecule has 25 heavy (non-hydrogen) atoms. The topological polar surface area (TPSA) is 60.9 Å². The summed E-state index contributed by atoms with van der Waals surface area (Å²) in [6, 6.07) is 9.06. The monoisotopic (exact) mass is 342 g/mol. The molecule has 1 aromatic carbocycles. The van der Waals surface area contributed by atoms with Crippen LogP contribution in [0.3, 0.4) is 0 Å². The van der Waals surface area contributed by atoms with Gasteiger partial charge in [-0.2, -0.15) is 0 Å². The first-order valence-electron chi connectivity index (χ1n) is 8.19. The maximum absolute atomic E-state index is 12.8. The molecule has 1 aromatic heterocycles. The first-order chi connectivity index (χ1) is 11.8. The van der Waals surface area contributed by atoms with Crippen LogP contribution in [-0.4, -0.2) is 29.9 Å². The van der Waals surface area contributed by atoms with E-state index in [1.165, 1.54) is 4.90 Å². The second-order valence-corrected chi connectivity index (χ2v) is 6.84. The van der Waals surface area contributed by atoms with Gasteiger partial charge in [-0.25, -0.2) is 14.7 Å². The number of carbonyl (C=O) groups is 1. The van der Waals surface area contributed by atoms with Crippen LogP contribution in [0.4, 0.5) is 16.3 Å². The molecule has 0 spiro atoms. The van der Waals surface area contributed by atoms with Crippen LogP contribution in [0.1, 0.15) is 26.3 Å². The highest BCUT2D eigenvalue weighted by atomic mass is 16.6. The molecule has 132 valence electrons. The van der Waals surface area contributed by atoms with Crippen LogP contribution in [0.5, 0.6) is 11.5 Å². The van der Waals surface area contributed by atoms with Crippen molar-refractivity contribution in [1.29, 1.82) is 0 Å². The van der Waals surface area contributed by atoms with Crippen molar-refractivity contribution in [2.45, 2.75) is 33.3 Å². The SMILES string of the molecule is Cc1ccnc(N(C(=O)OC(C)(C)C)c2ccc3c(c2)OCCO3)c1. The zero-order chi connectivity index (χ0) is 18.0. The summed E-state index contributed by atoms with van der Waals surface area (Å²) in [5.74, 6) is 1.76. The van der Waals surface area contributed by atoms with Gasteiger partial charge >= 0.3 is 6.09 Å². The largest absolute Gasteiger partial charge is 0.486 e. The van der Waals surface area contributed by atoms with Crippen molar-refractivity contribution >= 4 is 17.6 Å². The predicted octanol–water partition coefficient (Wildman–Crippen LogP) is 4.23. The summed E-state index contributed by atoms with van der Waals surface area (Å²) in [5.41, 5.74) is 0.986. The lowest BCUT2D eigenvalue weighted by atomic mass is 10.2. The Morgan fingerprint density at radius 3 is 2.52 bits per heavy atom. The van der Waals surface area contributed by atoms with Gasteiger partial charge in [0.1, 0.15) is 24.6 Å². The number of amides is 1. The first-order valence-corrected chi connectivity index (χ1v) is 8.19. The normalized spacial score (nSPS) is 13.3. The van der Waals surface area contributed by atoms with Crippen molar-refractivity contribution in [1.82, 2.24) is 4.98 Å². The Balaban J connectivity index is 2.03. The highest BCUT2D eigenvalue weighted by molar-refractivity contribution is 5.95. The molecule has 2 heterocycles. The van der Waals surface area contributed by atoms with Crippen LogP contribution >= 0.6 is 0 Å². The van der Waals surface area contributed by atoms with E-state index in [-0.39, 0.29) is 0 Å². The Bertz CT molecular complexity index is 783. The minimum atomic E-state index is -0.618. The minimum Gasteiger partial charge on any atom is -0.486 e. The molecule has 3 rings (SSSR count). The third-order valence-electron chi connectivity index (χ3n) is 3.49. The van der Waals surface area contributed by atoms with Crippen LogP contribution in [0, 0.1) is 6.92 Å². The van der Waals surface area contributed by atoms with E-state index in [0.29, 0.717) is 36.2 Å². The summed E-state index contributed by atoms with van der Waals surface area (Å²) in [6.45, 7) is 8.43. The van der Waals surface area contributed by atoms with Crippen molar-refractivity contribution in [2.75, 3.05) is 18.1 Å². The van der Waals surface area contributed by atoms with Crippen molar-refractivity contribution in [2.24, 2.45) is 0 Å². The standard InChI is InChI=1S/C19H22N2O4/c1-13-7-8-20-17(11-13)21(18(22)25-19(2,3)4)14-5-6-15-16(12-14)24-10-9-23-15/h5-8,11-12H,9-10H2,1-4H3. The molecule has 0 unspecified atom stereocenters. The number of hydrogen-bond donors (Lipinski definition) is 0. The molecule has 1 amide bonds. The van der Waals surface area contributed by atoms with E-state index in [1.54, 1.807) is 24.4 Å². The third kappa shape index (κ3) is 4.02. The molecule has 0 atom stereocenters. The summed E-state index contributed by atoms with van der Waals surface area (Å²) in [5, 5.41) is 0. The van der Waals surface area contributed by atoms with E-state index >= 15 is 0 Å². The average Bonchev–Trinajstić information content (AvgIpc) is 2.53. The summed E-state index contributed by atoms with van der Waals surface area (Å²) in [7, 11) is 0. The number of benzene rings is 1. The molecule has 2 aromatic rings. The second kappa shape index (κ2) is 6.63. The van der Waals surface area contributed by atoms with Gasteiger partial charge in [-0.3, -0.25) is 0 Å². The van der Waals surface area contributed by atoms with Gasteiger partial charge in [-0.05, 0) is 57.5 Å². The lowest BCUT2D eigenvalue weighted by Crippen LogP contribution is -2.34. The molecule has 1 aliphatic rings. The van der Waals surface area contributed by atoms with Gasteiger partial charge < -0.3 is 14.2 Å². The van der Waals surface area contributed by atoms with Crippen molar-refractivity contribution in [3.8, 4) is 11.5 Å². The fourth-order valence-electron chi connectivity index (χ4n) is 2.45. The van der Waals surface area contributed by atoms with Gasteiger partial charge in [0.05, 0.1) is 5.69 Å². The molecule has 6 nitrogen and oxygen atoms in total. The zero-order valence-electron chi connectivity index (χ0n) is 14.9. The van der Waals surface area contributed by atoms with Gasteiger partial charge in [0.2, 0.25) is 0 Å². The lowest BCUT2D eigenvalue weighted by Gasteiger charge is -2.28. The second-order valence-electron chi connectivity index (χ2n) is 6.84. The van der Waals surface area contributed by atoms with Crippen LogP contribution in [0.15, 0.2) is 36.5 Å². The highest BCUT2D eigenvalue weighted by Crippen LogP contribution is 2.36. The van der Waals surface area contributed by atoms with E-state index in [4.69, 9.17) is 14.2 Å². The number of ether oxygens (including phenoxy) is 3. The Morgan fingerprint density at radius 1 is 1.12 bits per heavy atom. The number of fused-ring (bicyclic) bond motifs is 1. The van der Waals surface area contributed by atoms with Crippen molar-refractivity contribution < 1.29 is 19.0 Å². The molecule has 0 aliphatic carbocycles. The average molecular weight is 342 g/mol. The zero-order valence-corrected chi connectivity index (χ0v) is 14.9. The number of pyridine rings is 1. The van der Waals surface area contributed by atoms with E-state index in [9.17, 15) is 4.79 Å². The minimum absolute atomic E-state index is 0.478. The lowest BCUT2D eigenvalue weighted by molar-refractivity contribution is 0.0598. The van der Waals surface area contributed by atoms with E-state index in [2.05, 4.69) is 4.98 Å². The molecular formula is C19H22N2O4. The smallest absolute Gasteiger partial charge is 0.420 e. The highest BCUT2D eigenvalue weighted by Gasteiger charge is 2.27. The summed E-state index contributed by atoms with van der Waals surface area (Å²) < 4.78 is 16.7. The number of hydrogen-bond acceptors (Lipinski definition) is 5. The van der Waals surface area contributed by atoms with Crippen LogP contribution < -0.4 is 14.4 Å². The molecule has 6 heteroatoms. The fraction of sp³-hybridized carbons (Fsp3) is 0.368. The van der Waals surface area contributed by atoms with Crippen LogP contribution in [-0.2, 0) is 4.74 Å². The Kier molecular flexibility index (Phi) is 4.53. The number of carbonyl (C=O) groups excluding carboxylic acids is 1. The molecule has 0 fully saturated rings. The maximum atomic E-state index is 12.8. The Morgan fingerprint density at radius 2 is 1.84 bits per heavy atom. The van der Waals surface area contributed by atoms with Crippen molar-refractivity contribution in [3.05, 3.63) is 42.1 Å². The Hall–Kier alpha value is -2.76. The molecule has 1 aliphatic heterocycles. The van der Waals surface area contributed by atoms with Crippen molar-refractivity contribution in [3.63, 3.8) is 0 Å². The van der Waals surface area contributed by atoms with Gasteiger partial charge in [0.25, 0.3) is 0 Å². The number of nitrogens with zero attached hydrogens (tertiary/aromatic N) is 2. The van der Waals surface area contributed by atoms with E-state index < -0.39 is 11.7 Å². The number of aryl methyl sites for hydroxylation is 1. The predicted molar refractivity (Wildman–Crippen MR) is 94.8 cm³/mol. The third-order valence-corrected chi connectivity index (χ3v) is 3.49. The summed E-state index contributed by atoms with van der Waals surface area (Å²) >= 11 is 0. The fourth-order valence-corrected chi connectivity index (χ4v) is 2.45. The Labute approximate surface area is 147 Å². The van der Waals surface area contributed by atoms with Gasteiger partial charge in [-0.1, -0.05) is 0 Å². The molecule has 0 radical (unpaired) electrons. The molecule has 0 saturated heterocycles. The number of anilines is 2. The van der Waals surface area contributed by atoms with Crippen LogP contribution in [0.2, 0.25) is 0 Å². The van der Waals surface area contributed by atoms with E-state index in [0.717, 1.165) is 5.56 Å². The molecule has 0 bridgehead atoms. The van der Waals surface area contributed by atoms with Crippen LogP contribution in [0.25, 0.3) is 0 Å². The first kappa shape index (κ1) is 17.1.